The van der Waals surface area contributed by atoms with Crippen LogP contribution in [-0.2, 0) is 6.42 Å². The minimum atomic E-state index is 0.225. The smallest absolute Gasteiger partial charge is 0.160 e. The lowest BCUT2D eigenvalue weighted by molar-refractivity contribution is 0.354. The molecule has 1 aromatic carbocycles. The largest absolute Gasteiger partial charge is 0.493 e. The van der Waals surface area contributed by atoms with Crippen LogP contribution >= 0.6 is 11.6 Å². The second kappa shape index (κ2) is 6.75. The molecule has 0 aliphatic carbocycles. The summed E-state index contributed by atoms with van der Waals surface area (Å²) >= 11 is 6.24. The minimum Gasteiger partial charge on any atom is -0.493 e. The summed E-state index contributed by atoms with van der Waals surface area (Å²) in [5, 5.41) is 0.225. The van der Waals surface area contributed by atoms with E-state index in [4.69, 9.17) is 21.1 Å². The molecular weight excluding hydrogens is 236 g/mol. The summed E-state index contributed by atoms with van der Waals surface area (Å²) in [6.07, 6.45) is 1.96. The maximum atomic E-state index is 6.24. The zero-order valence-corrected chi connectivity index (χ0v) is 11.8. The molecule has 1 rings (SSSR count). The zero-order chi connectivity index (χ0) is 12.8. The first-order valence-electron chi connectivity index (χ1n) is 5.97. The predicted molar refractivity (Wildman–Crippen MR) is 72.3 cm³/mol. The Bertz CT molecular complexity index is 352. The average molecular weight is 257 g/mol. The van der Waals surface area contributed by atoms with E-state index in [1.54, 1.807) is 14.2 Å². The van der Waals surface area contributed by atoms with Crippen molar-refractivity contribution in [3.63, 3.8) is 0 Å². The molecule has 0 aliphatic heterocycles. The van der Waals surface area contributed by atoms with Gasteiger partial charge in [-0.1, -0.05) is 19.9 Å². The van der Waals surface area contributed by atoms with E-state index in [1.165, 1.54) is 5.56 Å². The van der Waals surface area contributed by atoms with Crippen LogP contribution < -0.4 is 9.47 Å². The molecule has 2 atom stereocenters. The molecule has 0 aliphatic rings. The molecule has 0 radical (unpaired) electrons. The Hall–Kier alpha value is -0.890. The first-order chi connectivity index (χ1) is 8.12. The third-order valence-electron chi connectivity index (χ3n) is 3.01. The van der Waals surface area contributed by atoms with E-state index in [0.717, 1.165) is 24.3 Å². The monoisotopic (exact) mass is 256 g/mol. The molecule has 0 aromatic heterocycles. The molecule has 2 unspecified atom stereocenters. The van der Waals surface area contributed by atoms with E-state index in [1.807, 2.05) is 12.1 Å². The van der Waals surface area contributed by atoms with Crippen molar-refractivity contribution in [2.75, 3.05) is 14.2 Å². The van der Waals surface area contributed by atoms with Crippen LogP contribution in [0.3, 0.4) is 0 Å². The van der Waals surface area contributed by atoms with Gasteiger partial charge in [0.25, 0.3) is 0 Å². The van der Waals surface area contributed by atoms with Crippen molar-refractivity contribution in [3.8, 4) is 11.5 Å². The van der Waals surface area contributed by atoms with Gasteiger partial charge >= 0.3 is 0 Å². The Morgan fingerprint density at radius 1 is 1.18 bits per heavy atom. The summed E-state index contributed by atoms with van der Waals surface area (Å²) in [6, 6.07) is 6.03. The van der Waals surface area contributed by atoms with Crippen LogP contribution in [0.5, 0.6) is 11.5 Å². The number of hydrogen-bond donors (Lipinski definition) is 0. The minimum absolute atomic E-state index is 0.225. The SMILES string of the molecule is CCC(Cl)C(C)Cc1ccc(OC)c(OC)c1. The van der Waals surface area contributed by atoms with Gasteiger partial charge < -0.3 is 9.47 Å². The normalized spacial score (nSPS) is 14.2. The molecule has 0 bridgehead atoms. The van der Waals surface area contributed by atoms with E-state index in [9.17, 15) is 0 Å². The Labute approximate surface area is 109 Å². The van der Waals surface area contributed by atoms with Gasteiger partial charge in [0.2, 0.25) is 0 Å². The molecule has 3 heteroatoms. The van der Waals surface area contributed by atoms with Gasteiger partial charge in [0, 0.05) is 5.38 Å². The number of benzene rings is 1. The summed E-state index contributed by atoms with van der Waals surface area (Å²) in [7, 11) is 3.30. The van der Waals surface area contributed by atoms with Crippen LogP contribution in [0.15, 0.2) is 18.2 Å². The second-order valence-electron chi connectivity index (χ2n) is 4.29. The predicted octanol–water partition coefficient (Wildman–Crippen LogP) is 3.90. The van der Waals surface area contributed by atoms with E-state index in [0.29, 0.717) is 5.92 Å². The third kappa shape index (κ3) is 3.81. The van der Waals surface area contributed by atoms with E-state index < -0.39 is 0 Å². The van der Waals surface area contributed by atoms with Gasteiger partial charge in [0.1, 0.15) is 0 Å². The fourth-order valence-electron chi connectivity index (χ4n) is 1.91. The Morgan fingerprint density at radius 2 is 1.82 bits per heavy atom. The van der Waals surface area contributed by atoms with Gasteiger partial charge in [-0.3, -0.25) is 0 Å². The molecular formula is C14H21ClO2. The molecule has 0 fully saturated rings. The summed E-state index contributed by atoms with van der Waals surface area (Å²) in [6.45, 7) is 4.29. The van der Waals surface area contributed by atoms with Crippen molar-refractivity contribution in [1.29, 1.82) is 0 Å². The van der Waals surface area contributed by atoms with Crippen LogP contribution in [-0.4, -0.2) is 19.6 Å². The second-order valence-corrected chi connectivity index (χ2v) is 4.86. The number of rotatable bonds is 6. The molecule has 1 aromatic rings. The van der Waals surface area contributed by atoms with Crippen LogP contribution in [0.4, 0.5) is 0 Å². The lowest BCUT2D eigenvalue weighted by Gasteiger charge is -2.17. The number of hydrogen-bond acceptors (Lipinski definition) is 2. The summed E-state index contributed by atoms with van der Waals surface area (Å²) in [5.41, 5.74) is 1.23. The van der Waals surface area contributed by atoms with Gasteiger partial charge in [-0.2, -0.15) is 0 Å². The number of methoxy groups -OCH3 is 2. The highest BCUT2D eigenvalue weighted by Crippen LogP contribution is 2.29. The van der Waals surface area contributed by atoms with Gasteiger partial charge in [-0.15, -0.1) is 11.6 Å². The maximum absolute atomic E-state index is 6.24. The van der Waals surface area contributed by atoms with E-state index in [-0.39, 0.29) is 5.38 Å². The topological polar surface area (TPSA) is 18.5 Å². The van der Waals surface area contributed by atoms with Gasteiger partial charge in [0.15, 0.2) is 11.5 Å². The van der Waals surface area contributed by atoms with Crippen molar-refractivity contribution in [1.82, 2.24) is 0 Å². The van der Waals surface area contributed by atoms with Crippen LogP contribution in [0.1, 0.15) is 25.8 Å². The molecule has 0 heterocycles. The lowest BCUT2D eigenvalue weighted by atomic mass is 9.96. The van der Waals surface area contributed by atoms with Crippen molar-refractivity contribution in [3.05, 3.63) is 23.8 Å². The highest BCUT2D eigenvalue weighted by Gasteiger charge is 2.14. The quantitative estimate of drug-likeness (QED) is 0.719. The zero-order valence-electron chi connectivity index (χ0n) is 11.0. The number of halogens is 1. The average Bonchev–Trinajstić information content (AvgIpc) is 2.37. The van der Waals surface area contributed by atoms with Crippen LogP contribution in [0.25, 0.3) is 0 Å². The third-order valence-corrected chi connectivity index (χ3v) is 3.75. The Morgan fingerprint density at radius 3 is 2.35 bits per heavy atom. The first kappa shape index (κ1) is 14.2. The Kier molecular flexibility index (Phi) is 5.63. The van der Waals surface area contributed by atoms with E-state index in [2.05, 4.69) is 19.9 Å². The van der Waals surface area contributed by atoms with Crippen molar-refractivity contribution >= 4 is 11.6 Å². The number of ether oxygens (including phenoxy) is 2. The Balaban J connectivity index is 2.78. The molecule has 0 amide bonds. The fourth-order valence-corrected chi connectivity index (χ4v) is 2.00. The van der Waals surface area contributed by atoms with Gasteiger partial charge in [0.05, 0.1) is 14.2 Å². The highest BCUT2D eigenvalue weighted by atomic mass is 35.5. The molecule has 0 spiro atoms. The molecule has 0 saturated carbocycles. The molecule has 96 valence electrons. The standard InChI is InChI=1S/C14H21ClO2/c1-5-12(15)10(2)8-11-6-7-13(16-3)14(9-11)17-4/h6-7,9-10,12H,5,8H2,1-4H3. The van der Waals surface area contributed by atoms with Gasteiger partial charge in [-0.05, 0) is 36.5 Å². The van der Waals surface area contributed by atoms with Crippen molar-refractivity contribution in [2.45, 2.75) is 32.1 Å². The molecule has 0 N–H and O–H groups in total. The maximum Gasteiger partial charge on any atom is 0.160 e. The summed E-state index contributed by atoms with van der Waals surface area (Å²) in [5.74, 6) is 2.00. The van der Waals surface area contributed by atoms with Crippen LogP contribution in [0, 0.1) is 5.92 Å². The lowest BCUT2D eigenvalue weighted by Crippen LogP contribution is -2.13. The van der Waals surface area contributed by atoms with Crippen molar-refractivity contribution < 1.29 is 9.47 Å². The number of alkyl halides is 1. The molecule has 2 nitrogen and oxygen atoms in total. The van der Waals surface area contributed by atoms with Crippen LogP contribution in [0.2, 0.25) is 0 Å². The summed E-state index contributed by atoms with van der Waals surface area (Å²) in [4.78, 5) is 0. The fraction of sp³-hybridized carbons (Fsp3) is 0.571. The van der Waals surface area contributed by atoms with Crippen molar-refractivity contribution in [2.24, 2.45) is 5.92 Å². The highest BCUT2D eigenvalue weighted by molar-refractivity contribution is 6.20. The van der Waals surface area contributed by atoms with Gasteiger partial charge in [-0.25, -0.2) is 0 Å². The molecule has 0 saturated heterocycles. The molecule has 17 heavy (non-hydrogen) atoms. The summed E-state index contributed by atoms with van der Waals surface area (Å²) < 4.78 is 10.5. The van der Waals surface area contributed by atoms with E-state index >= 15 is 0 Å². The first-order valence-corrected chi connectivity index (χ1v) is 6.41.